The SMILES string of the molecule is COc1ccc(OC2CCN(C(=O)c3ccccc3Cl)CC2)cc1. The summed E-state index contributed by atoms with van der Waals surface area (Å²) in [4.78, 5) is 14.4. The number of piperidine rings is 1. The molecule has 1 fully saturated rings. The van der Waals surface area contributed by atoms with Crippen molar-refractivity contribution in [1.29, 1.82) is 0 Å². The van der Waals surface area contributed by atoms with Gasteiger partial charge in [0.25, 0.3) is 5.91 Å². The predicted molar refractivity (Wildman–Crippen MR) is 94.0 cm³/mol. The molecule has 1 aliphatic rings. The molecule has 0 radical (unpaired) electrons. The fourth-order valence-electron chi connectivity index (χ4n) is 2.83. The normalized spacial score (nSPS) is 15.2. The van der Waals surface area contributed by atoms with Crippen LogP contribution < -0.4 is 9.47 Å². The molecular formula is C19H20ClNO3. The Morgan fingerprint density at radius 1 is 1.04 bits per heavy atom. The van der Waals surface area contributed by atoms with E-state index in [4.69, 9.17) is 21.1 Å². The number of carbonyl (C=O) groups excluding carboxylic acids is 1. The molecule has 0 aliphatic carbocycles. The Kier molecular flexibility index (Phi) is 5.26. The van der Waals surface area contributed by atoms with Crippen LogP contribution in [-0.4, -0.2) is 37.1 Å². The van der Waals surface area contributed by atoms with Gasteiger partial charge in [-0.3, -0.25) is 4.79 Å². The second-order valence-corrected chi connectivity index (χ2v) is 6.17. The third-order valence-electron chi connectivity index (χ3n) is 4.20. The first-order chi connectivity index (χ1) is 11.7. The number of amides is 1. The van der Waals surface area contributed by atoms with Gasteiger partial charge in [-0.15, -0.1) is 0 Å². The number of methoxy groups -OCH3 is 1. The van der Waals surface area contributed by atoms with E-state index in [1.165, 1.54) is 0 Å². The van der Waals surface area contributed by atoms with Gasteiger partial charge in [0.2, 0.25) is 0 Å². The van der Waals surface area contributed by atoms with Crippen LogP contribution in [0.25, 0.3) is 0 Å². The first kappa shape index (κ1) is 16.7. The summed E-state index contributed by atoms with van der Waals surface area (Å²) < 4.78 is 11.1. The minimum atomic E-state index is -0.0107. The maximum absolute atomic E-state index is 12.5. The summed E-state index contributed by atoms with van der Waals surface area (Å²) in [5, 5.41) is 0.499. The van der Waals surface area contributed by atoms with Crippen LogP contribution in [-0.2, 0) is 0 Å². The van der Waals surface area contributed by atoms with Gasteiger partial charge in [-0.2, -0.15) is 0 Å². The lowest BCUT2D eigenvalue weighted by Gasteiger charge is -2.32. The van der Waals surface area contributed by atoms with Gasteiger partial charge in [0.1, 0.15) is 17.6 Å². The highest BCUT2D eigenvalue weighted by atomic mass is 35.5. The summed E-state index contributed by atoms with van der Waals surface area (Å²) in [6, 6.07) is 14.7. The van der Waals surface area contributed by atoms with Crippen molar-refractivity contribution in [2.24, 2.45) is 0 Å². The monoisotopic (exact) mass is 345 g/mol. The average molecular weight is 346 g/mol. The van der Waals surface area contributed by atoms with Crippen molar-refractivity contribution >= 4 is 17.5 Å². The van der Waals surface area contributed by atoms with Crippen LogP contribution in [0, 0.1) is 0 Å². The van der Waals surface area contributed by atoms with E-state index >= 15 is 0 Å². The Morgan fingerprint density at radius 2 is 1.67 bits per heavy atom. The first-order valence-corrected chi connectivity index (χ1v) is 8.39. The van der Waals surface area contributed by atoms with E-state index in [1.807, 2.05) is 41.3 Å². The van der Waals surface area contributed by atoms with Crippen molar-refractivity contribution in [3.05, 3.63) is 59.1 Å². The molecule has 24 heavy (non-hydrogen) atoms. The van der Waals surface area contributed by atoms with Gasteiger partial charge < -0.3 is 14.4 Å². The van der Waals surface area contributed by atoms with Gasteiger partial charge in [0.15, 0.2) is 0 Å². The predicted octanol–water partition coefficient (Wildman–Crippen LogP) is 4.03. The average Bonchev–Trinajstić information content (AvgIpc) is 2.63. The van der Waals surface area contributed by atoms with Crippen LogP contribution in [0.5, 0.6) is 11.5 Å². The largest absolute Gasteiger partial charge is 0.497 e. The maximum atomic E-state index is 12.5. The van der Waals surface area contributed by atoms with Gasteiger partial charge >= 0.3 is 0 Å². The van der Waals surface area contributed by atoms with E-state index in [0.717, 1.165) is 24.3 Å². The zero-order valence-electron chi connectivity index (χ0n) is 13.6. The number of rotatable bonds is 4. The second kappa shape index (κ2) is 7.58. The quantitative estimate of drug-likeness (QED) is 0.839. The zero-order chi connectivity index (χ0) is 16.9. The smallest absolute Gasteiger partial charge is 0.255 e. The molecule has 0 unspecified atom stereocenters. The number of carbonyl (C=O) groups is 1. The number of benzene rings is 2. The lowest BCUT2D eigenvalue weighted by molar-refractivity contribution is 0.0595. The van der Waals surface area contributed by atoms with Gasteiger partial charge in [-0.25, -0.2) is 0 Å². The summed E-state index contributed by atoms with van der Waals surface area (Å²) in [5.41, 5.74) is 0.564. The molecule has 1 heterocycles. The molecule has 0 bridgehead atoms. The lowest BCUT2D eigenvalue weighted by Crippen LogP contribution is -2.41. The highest BCUT2D eigenvalue weighted by molar-refractivity contribution is 6.33. The second-order valence-electron chi connectivity index (χ2n) is 5.76. The molecule has 126 valence electrons. The van der Waals surface area contributed by atoms with Crippen molar-refractivity contribution < 1.29 is 14.3 Å². The van der Waals surface area contributed by atoms with Gasteiger partial charge in [-0.1, -0.05) is 23.7 Å². The van der Waals surface area contributed by atoms with Gasteiger partial charge in [-0.05, 0) is 36.4 Å². The zero-order valence-corrected chi connectivity index (χ0v) is 14.3. The Hall–Kier alpha value is -2.20. The molecule has 1 saturated heterocycles. The number of hydrogen-bond acceptors (Lipinski definition) is 3. The summed E-state index contributed by atoms with van der Waals surface area (Å²) in [6.07, 6.45) is 1.73. The molecule has 1 aliphatic heterocycles. The highest BCUT2D eigenvalue weighted by Crippen LogP contribution is 2.24. The number of hydrogen-bond donors (Lipinski definition) is 0. The number of halogens is 1. The van der Waals surface area contributed by atoms with Crippen LogP contribution in [0.15, 0.2) is 48.5 Å². The van der Waals surface area contributed by atoms with Crippen molar-refractivity contribution in [2.45, 2.75) is 18.9 Å². The molecule has 1 amide bonds. The van der Waals surface area contributed by atoms with Crippen molar-refractivity contribution in [2.75, 3.05) is 20.2 Å². The third-order valence-corrected chi connectivity index (χ3v) is 4.53. The fraction of sp³-hybridized carbons (Fsp3) is 0.316. The van der Waals surface area contributed by atoms with E-state index in [1.54, 1.807) is 19.2 Å². The number of likely N-dealkylation sites (tertiary alicyclic amines) is 1. The molecule has 0 spiro atoms. The fourth-order valence-corrected chi connectivity index (χ4v) is 3.05. The minimum Gasteiger partial charge on any atom is -0.497 e. The summed E-state index contributed by atoms with van der Waals surface area (Å²) in [6.45, 7) is 1.34. The van der Waals surface area contributed by atoms with E-state index in [0.29, 0.717) is 23.7 Å². The molecule has 2 aromatic rings. The molecule has 0 aromatic heterocycles. The summed E-state index contributed by atoms with van der Waals surface area (Å²) >= 11 is 6.12. The first-order valence-electron chi connectivity index (χ1n) is 8.02. The van der Waals surface area contributed by atoms with Crippen molar-refractivity contribution in [1.82, 2.24) is 4.90 Å². The van der Waals surface area contributed by atoms with Crippen LogP contribution in [0.3, 0.4) is 0 Å². The molecule has 2 aromatic carbocycles. The van der Waals surface area contributed by atoms with E-state index < -0.39 is 0 Å². The standard InChI is InChI=1S/C19H20ClNO3/c1-23-14-6-8-15(9-7-14)24-16-10-12-21(13-11-16)19(22)17-4-2-3-5-18(17)20/h2-9,16H,10-13H2,1H3. The van der Waals surface area contributed by atoms with E-state index in [9.17, 15) is 4.79 Å². The Labute approximate surface area is 146 Å². The molecule has 3 rings (SSSR count). The molecule has 4 nitrogen and oxygen atoms in total. The Bertz CT molecular complexity index is 694. The van der Waals surface area contributed by atoms with Crippen LogP contribution in [0.4, 0.5) is 0 Å². The van der Waals surface area contributed by atoms with E-state index in [2.05, 4.69) is 0 Å². The Morgan fingerprint density at radius 3 is 2.29 bits per heavy atom. The highest BCUT2D eigenvalue weighted by Gasteiger charge is 2.25. The molecular weight excluding hydrogens is 326 g/mol. The maximum Gasteiger partial charge on any atom is 0.255 e. The topological polar surface area (TPSA) is 38.8 Å². The van der Waals surface area contributed by atoms with Crippen molar-refractivity contribution in [3.8, 4) is 11.5 Å². The molecule has 0 saturated carbocycles. The third kappa shape index (κ3) is 3.82. The molecule has 0 atom stereocenters. The number of nitrogens with zero attached hydrogens (tertiary/aromatic N) is 1. The minimum absolute atomic E-state index is 0.0107. The Balaban J connectivity index is 1.55. The van der Waals surface area contributed by atoms with Crippen molar-refractivity contribution in [3.63, 3.8) is 0 Å². The van der Waals surface area contributed by atoms with Gasteiger partial charge in [0, 0.05) is 25.9 Å². The van der Waals surface area contributed by atoms with E-state index in [-0.39, 0.29) is 12.0 Å². The summed E-state index contributed by atoms with van der Waals surface area (Å²) in [5.74, 6) is 1.62. The molecule has 5 heteroatoms. The lowest BCUT2D eigenvalue weighted by atomic mass is 10.1. The van der Waals surface area contributed by atoms with Crippen LogP contribution in [0.2, 0.25) is 5.02 Å². The molecule has 0 N–H and O–H groups in total. The van der Waals surface area contributed by atoms with Gasteiger partial charge in [0.05, 0.1) is 17.7 Å². The van der Waals surface area contributed by atoms with Crippen LogP contribution >= 0.6 is 11.6 Å². The van der Waals surface area contributed by atoms with Crippen LogP contribution in [0.1, 0.15) is 23.2 Å². The summed E-state index contributed by atoms with van der Waals surface area (Å²) in [7, 11) is 1.64. The number of ether oxygens (including phenoxy) is 2.